The molecule has 0 spiro atoms. The summed E-state index contributed by atoms with van der Waals surface area (Å²) >= 11 is 12.4. The summed E-state index contributed by atoms with van der Waals surface area (Å²) in [6.07, 6.45) is 3.11. The summed E-state index contributed by atoms with van der Waals surface area (Å²) in [5.74, 6) is 0.640. The van der Waals surface area contributed by atoms with Gasteiger partial charge in [0, 0.05) is 27.6 Å². The van der Waals surface area contributed by atoms with Crippen molar-refractivity contribution in [1.82, 2.24) is 9.97 Å². The number of nitrogens with one attached hydrogen (secondary N) is 3. The third-order valence-electron chi connectivity index (χ3n) is 5.23. The summed E-state index contributed by atoms with van der Waals surface area (Å²) < 4.78 is 0. The molecule has 3 N–H and O–H groups in total. The van der Waals surface area contributed by atoms with Gasteiger partial charge in [-0.1, -0.05) is 41.4 Å². The van der Waals surface area contributed by atoms with Crippen LogP contribution in [0.2, 0.25) is 10.0 Å². The van der Waals surface area contributed by atoms with E-state index in [0.717, 1.165) is 29.7 Å². The number of benzene rings is 3. The van der Waals surface area contributed by atoms with E-state index < -0.39 is 0 Å². The Kier molecular flexibility index (Phi) is 5.86. The average molecular weight is 476 g/mol. The first-order valence-electron chi connectivity index (χ1n) is 10.4. The van der Waals surface area contributed by atoms with Crippen LogP contribution < -0.4 is 16.0 Å². The van der Waals surface area contributed by atoms with Gasteiger partial charge >= 0.3 is 0 Å². The quantitative estimate of drug-likeness (QED) is 0.303. The highest BCUT2D eigenvalue weighted by Gasteiger charge is 2.13. The van der Waals surface area contributed by atoms with Crippen LogP contribution >= 0.6 is 23.2 Å². The maximum Gasteiger partial charge on any atom is 0.255 e. The summed E-state index contributed by atoms with van der Waals surface area (Å²) in [6.45, 7) is 0. The van der Waals surface area contributed by atoms with Crippen molar-refractivity contribution in [3.63, 3.8) is 0 Å². The molecule has 0 unspecified atom stereocenters. The molecule has 0 atom stereocenters. The minimum absolute atomic E-state index is 0.232. The van der Waals surface area contributed by atoms with Gasteiger partial charge in [-0.25, -0.2) is 4.98 Å². The highest BCUT2D eigenvalue weighted by molar-refractivity contribution is 6.33. The highest BCUT2D eigenvalue weighted by Crippen LogP contribution is 2.28. The van der Waals surface area contributed by atoms with Crippen LogP contribution in [0.25, 0.3) is 0 Å². The molecule has 8 heteroatoms. The number of hydrogen-bond donors (Lipinski definition) is 3. The minimum atomic E-state index is -0.232. The van der Waals surface area contributed by atoms with Crippen molar-refractivity contribution >= 4 is 57.9 Å². The molecule has 1 aliphatic rings. The Labute approximate surface area is 201 Å². The maximum atomic E-state index is 13.0. The van der Waals surface area contributed by atoms with Gasteiger partial charge in [-0.15, -0.1) is 0 Å². The fraction of sp³-hybridized carbons (Fsp3) is 0.0800. The molecule has 0 saturated carbocycles. The van der Waals surface area contributed by atoms with Gasteiger partial charge in [-0.3, -0.25) is 4.79 Å². The number of nitrogens with zero attached hydrogens (tertiary/aromatic N) is 2. The molecule has 2 heterocycles. The molecule has 1 aromatic heterocycles. The van der Waals surface area contributed by atoms with E-state index in [2.05, 4.69) is 38.1 Å². The Bertz CT molecular complexity index is 1360. The normalized spacial score (nSPS) is 12.3. The van der Waals surface area contributed by atoms with Crippen LogP contribution in [0.5, 0.6) is 0 Å². The maximum absolute atomic E-state index is 13.0. The first-order chi connectivity index (χ1) is 16.0. The van der Waals surface area contributed by atoms with Crippen molar-refractivity contribution in [2.45, 2.75) is 12.8 Å². The number of aryl methyl sites for hydroxylation is 2. The van der Waals surface area contributed by atoms with Gasteiger partial charge in [0.25, 0.3) is 5.91 Å². The molecule has 3 aromatic carbocycles. The molecule has 6 bridgehead atoms. The van der Waals surface area contributed by atoms with E-state index in [-0.39, 0.29) is 5.91 Å². The van der Waals surface area contributed by atoms with Crippen molar-refractivity contribution in [2.75, 3.05) is 16.0 Å². The number of rotatable bonds is 2. The first-order valence-corrected chi connectivity index (χ1v) is 11.1. The van der Waals surface area contributed by atoms with Crippen molar-refractivity contribution in [2.24, 2.45) is 0 Å². The lowest BCUT2D eigenvalue weighted by atomic mass is 10.0. The molecule has 1 amide bonds. The predicted octanol–water partition coefficient (Wildman–Crippen LogP) is 6.62. The summed E-state index contributed by atoms with van der Waals surface area (Å²) in [6, 6.07) is 20.8. The van der Waals surface area contributed by atoms with Crippen molar-refractivity contribution in [3.8, 4) is 0 Å². The molecule has 1 aliphatic heterocycles. The minimum Gasteiger partial charge on any atom is -0.339 e. The van der Waals surface area contributed by atoms with Gasteiger partial charge in [0.05, 0.1) is 6.20 Å². The van der Waals surface area contributed by atoms with Crippen LogP contribution in [0.1, 0.15) is 21.5 Å². The monoisotopic (exact) mass is 475 g/mol. The molecule has 0 aliphatic carbocycles. The second-order valence-corrected chi connectivity index (χ2v) is 8.57. The number of carbonyl (C=O) groups excluding carboxylic acids is 1. The summed E-state index contributed by atoms with van der Waals surface area (Å²) in [5, 5.41) is 10.3. The molecular formula is C25H19Cl2N5O. The standard InChI is InChI=1S/C25H19Cl2N5O/c26-18-4-2-6-20(13-18)30-24(33)17-9-16-8-7-15-3-1-5-19(10-15)31-25-28-14-22(27)23(32-25)29-21(11-16)12-17/h1-6,9-14H,7-8H2,(H,30,33)(H2,28,29,31,32). The summed E-state index contributed by atoms with van der Waals surface area (Å²) in [7, 11) is 0. The Hall–Kier alpha value is -3.61. The zero-order valence-electron chi connectivity index (χ0n) is 17.4. The number of carbonyl (C=O) groups is 1. The number of aromatic nitrogens is 2. The van der Waals surface area contributed by atoms with Crippen LogP contribution in [0.4, 0.5) is 28.8 Å². The van der Waals surface area contributed by atoms with Crippen LogP contribution in [-0.4, -0.2) is 15.9 Å². The Morgan fingerprint density at radius 3 is 2.58 bits per heavy atom. The number of anilines is 5. The van der Waals surface area contributed by atoms with E-state index in [0.29, 0.717) is 38.7 Å². The highest BCUT2D eigenvalue weighted by atomic mass is 35.5. The number of hydrogen-bond acceptors (Lipinski definition) is 5. The summed E-state index contributed by atoms with van der Waals surface area (Å²) in [5.41, 5.74) is 4.93. The van der Waals surface area contributed by atoms with E-state index >= 15 is 0 Å². The number of fused-ring (bicyclic) bond motifs is 6. The van der Waals surface area contributed by atoms with Gasteiger partial charge in [-0.2, -0.15) is 4.98 Å². The molecule has 0 radical (unpaired) electrons. The van der Waals surface area contributed by atoms with Gasteiger partial charge in [-0.05, 0) is 72.5 Å². The van der Waals surface area contributed by atoms with Crippen LogP contribution in [0.3, 0.4) is 0 Å². The average Bonchev–Trinajstić information content (AvgIpc) is 2.80. The van der Waals surface area contributed by atoms with Crippen molar-refractivity contribution < 1.29 is 4.79 Å². The van der Waals surface area contributed by atoms with Gasteiger partial charge in [0.15, 0.2) is 5.82 Å². The van der Waals surface area contributed by atoms with E-state index in [4.69, 9.17) is 23.2 Å². The number of amides is 1. The second kappa shape index (κ2) is 9.10. The molecule has 4 aromatic rings. The molecule has 164 valence electrons. The largest absolute Gasteiger partial charge is 0.339 e. The Balaban J connectivity index is 1.54. The lowest BCUT2D eigenvalue weighted by molar-refractivity contribution is 0.102. The van der Waals surface area contributed by atoms with E-state index in [9.17, 15) is 4.79 Å². The van der Waals surface area contributed by atoms with Gasteiger partial charge in [0.1, 0.15) is 5.02 Å². The lowest BCUT2D eigenvalue weighted by Gasteiger charge is -2.13. The fourth-order valence-electron chi connectivity index (χ4n) is 3.68. The van der Waals surface area contributed by atoms with Gasteiger partial charge < -0.3 is 16.0 Å². The molecule has 33 heavy (non-hydrogen) atoms. The number of halogens is 2. The molecule has 0 fully saturated rings. The second-order valence-electron chi connectivity index (χ2n) is 7.72. The molecule has 5 rings (SSSR count). The van der Waals surface area contributed by atoms with Crippen LogP contribution in [0.15, 0.2) is 72.9 Å². The molecule has 0 saturated heterocycles. The zero-order valence-corrected chi connectivity index (χ0v) is 18.9. The van der Waals surface area contributed by atoms with Gasteiger partial charge in [0.2, 0.25) is 5.95 Å². The smallest absolute Gasteiger partial charge is 0.255 e. The van der Waals surface area contributed by atoms with Crippen LogP contribution in [0, 0.1) is 0 Å². The lowest BCUT2D eigenvalue weighted by Crippen LogP contribution is -2.13. The summed E-state index contributed by atoms with van der Waals surface area (Å²) in [4.78, 5) is 21.8. The third kappa shape index (κ3) is 5.08. The Morgan fingerprint density at radius 1 is 0.879 bits per heavy atom. The molecule has 6 nitrogen and oxygen atoms in total. The predicted molar refractivity (Wildman–Crippen MR) is 133 cm³/mol. The fourth-order valence-corrected chi connectivity index (χ4v) is 4.01. The van der Waals surface area contributed by atoms with Crippen molar-refractivity contribution in [3.05, 3.63) is 99.7 Å². The van der Waals surface area contributed by atoms with E-state index in [1.54, 1.807) is 36.5 Å². The SMILES string of the molecule is O=C(Nc1cccc(Cl)c1)c1cc2cc(c1)Nc1nc(ncc1Cl)Nc1cccc(c1)CC2. The van der Waals surface area contributed by atoms with Crippen LogP contribution in [-0.2, 0) is 12.8 Å². The van der Waals surface area contributed by atoms with E-state index in [1.807, 2.05) is 24.3 Å². The zero-order chi connectivity index (χ0) is 22.8. The third-order valence-corrected chi connectivity index (χ3v) is 5.74. The Morgan fingerprint density at radius 2 is 1.70 bits per heavy atom. The van der Waals surface area contributed by atoms with Crippen molar-refractivity contribution in [1.29, 1.82) is 0 Å². The topological polar surface area (TPSA) is 78.9 Å². The van der Waals surface area contributed by atoms with E-state index in [1.165, 1.54) is 0 Å². The molecular weight excluding hydrogens is 457 g/mol. The first kappa shape index (κ1) is 21.2.